The van der Waals surface area contributed by atoms with Crippen molar-refractivity contribution < 1.29 is 13.9 Å². The summed E-state index contributed by atoms with van der Waals surface area (Å²) in [5.41, 5.74) is 0.499. The molecule has 2 fully saturated rings. The molecule has 0 radical (unpaired) electrons. The molecule has 0 aliphatic carbocycles. The Morgan fingerprint density at radius 3 is 2.94 bits per heavy atom. The minimum atomic E-state index is -0.267. The molecule has 3 atom stereocenters. The number of hydrogen-bond donors (Lipinski definition) is 0. The Morgan fingerprint density at radius 1 is 1.33 bits per heavy atom. The van der Waals surface area contributed by atoms with Crippen LogP contribution < -0.4 is 0 Å². The Kier molecular flexibility index (Phi) is 3.12. The highest BCUT2D eigenvalue weighted by molar-refractivity contribution is 5.30. The van der Waals surface area contributed by atoms with E-state index in [1.165, 1.54) is 6.07 Å². The summed E-state index contributed by atoms with van der Waals surface area (Å²) in [4.78, 5) is 0. The third-order valence-electron chi connectivity index (χ3n) is 4.45. The van der Waals surface area contributed by atoms with Crippen molar-refractivity contribution in [2.24, 2.45) is 5.92 Å². The Morgan fingerprint density at radius 2 is 2.17 bits per heavy atom. The molecule has 0 amide bonds. The van der Waals surface area contributed by atoms with Crippen LogP contribution in [-0.4, -0.2) is 25.9 Å². The molecule has 3 rings (SSSR count). The topological polar surface area (TPSA) is 18.5 Å². The molecular formula is C15H19FO2. The van der Waals surface area contributed by atoms with Gasteiger partial charge in [0.25, 0.3) is 0 Å². The van der Waals surface area contributed by atoms with Gasteiger partial charge in [0.2, 0.25) is 0 Å². The van der Waals surface area contributed by atoms with E-state index in [4.69, 9.17) is 9.47 Å². The second-order valence-electron chi connectivity index (χ2n) is 5.43. The smallest absolute Gasteiger partial charge is 0.127 e. The summed E-state index contributed by atoms with van der Waals surface area (Å²) < 4.78 is 25.6. The predicted octanol–water partition coefficient (Wildman–Crippen LogP) is 2.91. The molecule has 0 saturated carbocycles. The molecule has 1 aromatic carbocycles. The number of benzene rings is 1. The lowest BCUT2D eigenvalue weighted by Gasteiger charge is -2.41. The summed E-state index contributed by atoms with van der Waals surface area (Å²) in [6.07, 6.45) is 2.30. The van der Waals surface area contributed by atoms with Crippen molar-refractivity contribution in [2.45, 2.75) is 31.3 Å². The van der Waals surface area contributed by atoms with Crippen LogP contribution in [0, 0.1) is 11.7 Å². The zero-order chi connectivity index (χ0) is 12.6. The molecule has 3 heteroatoms. The zero-order valence-electron chi connectivity index (χ0n) is 10.7. The molecule has 2 heterocycles. The van der Waals surface area contributed by atoms with Gasteiger partial charge in [-0.3, -0.25) is 0 Å². The second-order valence-corrected chi connectivity index (χ2v) is 5.43. The molecule has 18 heavy (non-hydrogen) atoms. The van der Waals surface area contributed by atoms with Crippen molar-refractivity contribution in [3.8, 4) is 0 Å². The van der Waals surface area contributed by atoms with E-state index in [1.54, 1.807) is 6.07 Å². The van der Waals surface area contributed by atoms with E-state index in [9.17, 15) is 4.39 Å². The third kappa shape index (κ3) is 1.77. The summed E-state index contributed by atoms with van der Waals surface area (Å²) in [5.74, 6) is 0.250. The van der Waals surface area contributed by atoms with Crippen LogP contribution in [0.3, 0.4) is 0 Å². The van der Waals surface area contributed by atoms with Crippen molar-refractivity contribution in [3.05, 3.63) is 35.6 Å². The first-order valence-corrected chi connectivity index (χ1v) is 6.70. The van der Waals surface area contributed by atoms with Gasteiger partial charge in [-0.1, -0.05) is 25.1 Å². The molecular weight excluding hydrogens is 231 g/mol. The number of ether oxygens (including phenoxy) is 2. The first-order chi connectivity index (χ1) is 8.76. The van der Waals surface area contributed by atoms with Gasteiger partial charge in [0.05, 0.1) is 31.3 Å². The number of fused-ring (bicyclic) bond motifs is 1. The van der Waals surface area contributed by atoms with Gasteiger partial charge in [0, 0.05) is 0 Å². The van der Waals surface area contributed by atoms with Crippen molar-refractivity contribution in [1.82, 2.24) is 0 Å². The van der Waals surface area contributed by atoms with Crippen LogP contribution in [0.15, 0.2) is 24.3 Å². The average molecular weight is 250 g/mol. The fourth-order valence-corrected chi connectivity index (χ4v) is 3.29. The van der Waals surface area contributed by atoms with E-state index in [-0.39, 0.29) is 11.2 Å². The van der Waals surface area contributed by atoms with E-state index < -0.39 is 0 Å². The van der Waals surface area contributed by atoms with Gasteiger partial charge in [0.15, 0.2) is 0 Å². The third-order valence-corrected chi connectivity index (χ3v) is 4.45. The highest BCUT2D eigenvalue weighted by atomic mass is 19.1. The van der Waals surface area contributed by atoms with E-state index in [0.717, 1.165) is 25.0 Å². The van der Waals surface area contributed by atoms with Crippen LogP contribution in [0.1, 0.15) is 25.3 Å². The molecule has 2 nitrogen and oxygen atoms in total. The van der Waals surface area contributed by atoms with Gasteiger partial charge in [-0.25, -0.2) is 4.39 Å². The molecule has 1 aromatic rings. The van der Waals surface area contributed by atoms with Crippen molar-refractivity contribution in [2.75, 3.05) is 19.8 Å². The minimum absolute atomic E-state index is 0.133. The Hall–Kier alpha value is -0.930. The fourth-order valence-electron chi connectivity index (χ4n) is 3.29. The van der Waals surface area contributed by atoms with Crippen molar-refractivity contribution in [1.29, 1.82) is 0 Å². The molecule has 2 aliphatic heterocycles. The zero-order valence-corrected chi connectivity index (χ0v) is 10.7. The van der Waals surface area contributed by atoms with Crippen LogP contribution >= 0.6 is 0 Å². The Bertz CT molecular complexity index is 434. The van der Waals surface area contributed by atoms with Crippen molar-refractivity contribution in [3.63, 3.8) is 0 Å². The van der Waals surface area contributed by atoms with Crippen LogP contribution in [0.25, 0.3) is 0 Å². The summed E-state index contributed by atoms with van der Waals surface area (Å²) in [5, 5.41) is 0. The molecule has 0 bridgehead atoms. The summed E-state index contributed by atoms with van der Waals surface area (Å²) in [6.45, 7) is 4.02. The molecule has 98 valence electrons. The van der Waals surface area contributed by atoms with E-state index in [0.29, 0.717) is 25.2 Å². The first-order valence-electron chi connectivity index (χ1n) is 6.70. The van der Waals surface area contributed by atoms with Crippen molar-refractivity contribution >= 4 is 0 Å². The number of hydrogen-bond acceptors (Lipinski definition) is 2. The quantitative estimate of drug-likeness (QED) is 0.803. The SMILES string of the molecule is CC[C@H]1C[C@H]2COC[C@@]2(c2ccccc2F)CO1. The van der Waals surface area contributed by atoms with Gasteiger partial charge in [0.1, 0.15) is 5.82 Å². The first kappa shape index (κ1) is 12.1. The Labute approximate surface area is 107 Å². The van der Waals surface area contributed by atoms with Gasteiger partial charge >= 0.3 is 0 Å². The molecule has 0 unspecified atom stereocenters. The summed E-state index contributed by atoms with van der Waals surface area (Å²) in [7, 11) is 0. The number of rotatable bonds is 2. The lowest BCUT2D eigenvalue weighted by atomic mass is 9.69. The van der Waals surface area contributed by atoms with Gasteiger partial charge in [-0.05, 0) is 30.4 Å². The van der Waals surface area contributed by atoms with E-state index >= 15 is 0 Å². The average Bonchev–Trinajstić information content (AvgIpc) is 2.82. The molecule has 0 N–H and O–H groups in total. The predicted molar refractivity (Wildman–Crippen MR) is 67.0 cm³/mol. The van der Waals surface area contributed by atoms with E-state index in [1.807, 2.05) is 12.1 Å². The molecule has 2 saturated heterocycles. The largest absolute Gasteiger partial charge is 0.380 e. The lowest BCUT2D eigenvalue weighted by molar-refractivity contribution is -0.0499. The standard InChI is InChI=1S/C15H19FO2/c1-2-12-7-11-8-17-9-15(11,10-18-12)13-5-3-4-6-14(13)16/h3-6,11-12H,2,7-10H2,1H3/t11-,12-,15+/m0/s1. The molecule has 0 aromatic heterocycles. The highest BCUT2D eigenvalue weighted by Crippen LogP contribution is 2.45. The second kappa shape index (κ2) is 4.63. The fraction of sp³-hybridized carbons (Fsp3) is 0.600. The maximum Gasteiger partial charge on any atom is 0.127 e. The summed E-state index contributed by atoms with van der Waals surface area (Å²) in [6, 6.07) is 7.05. The highest BCUT2D eigenvalue weighted by Gasteiger charge is 2.50. The van der Waals surface area contributed by atoms with Crippen LogP contribution in [0.5, 0.6) is 0 Å². The monoisotopic (exact) mass is 250 g/mol. The normalized spacial score (nSPS) is 35.4. The van der Waals surface area contributed by atoms with Crippen LogP contribution in [0.4, 0.5) is 4.39 Å². The maximum absolute atomic E-state index is 14.1. The minimum Gasteiger partial charge on any atom is -0.380 e. The number of halogens is 1. The maximum atomic E-state index is 14.1. The molecule has 2 aliphatic rings. The van der Waals surface area contributed by atoms with E-state index in [2.05, 4.69) is 6.92 Å². The Balaban J connectivity index is 1.96. The lowest BCUT2D eigenvalue weighted by Crippen LogP contribution is -2.47. The van der Waals surface area contributed by atoms with Crippen LogP contribution in [-0.2, 0) is 14.9 Å². The van der Waals surface area contributed by atoms with Gasteiger partial charge in [-0.2, -0.15) is 0 Å². The van der Waals surface area contributed by atoms with Crippen LogP contribution in [0.2, 0.25) is 0 Å². The van der Waals surface area contributed by atoms with Gasteiger partial charge < -0.3 is 9.47 Å². The van der Waals surface area contributed by atoms with Gasteiger partial charge in [-0.15, -0.1) is 0 Å². The molecule has 0 spiro atoms. The summed E-state index contributed by atoms with van der Waals surface area (Å²) >= 11 is 0.